The maximum atomic E-state index is 10.2. The summed E-state index contributed by atoms with van der Waals surface area (Å²) in [6.07, 6.45) is 4.18. The summed E-state index contributed by atoms with van der Waals surface area (Å²) in [5.74, 6) is 1.50. The Morgan fingerprint density at radius 3 is 2.40 bits per heavy atom. The van der Waals surface area contributed by atoms with Gasteiger partial charge in [-0.1, -0.05) is 12.1 Å². The number of rotatable bonds is 6. The average molecular weight is 273 g/mol. The minimum atomic E-state index is -0.542. The molecule has 1 aromatic carbocycles. The van der Waals surface area contributed by atoms with Crippen molar-refractivity contribution in [1.29, 1.82) is 0 Å². The molecule has 0 saturated carbocycles. The second kappa shape index (κ2) is 6.91. The highest BCUT2D eigenvalue weighted by Crippen LogP contribution is 2.22. The van der Waals surface area contributed by atoms with Crippen LogP contribution in [-0.2, 0) is 6.42 Å². The first-order valence-corrected chi connectivity index (χ1v) is 6.53. The summed E-state index contributed by atoms with van der Waals surface area (Å²) in [5.41, 5.74) is 1.94. The smallest absolute Gasteiger partial charge is 0.137 e. The molecule has 0 radical (unpaired) electrons. The Bertz CT molecular complexity index is 540. The van der Waals surface area contributed by atoms with Crippen LogP contribution in [0, 0.1) is 0 Å². The van der Waals surface area contributed by atoms with Gasteiger partial charge in [-0.3, -0.25) is 4.98 Å². The van der Waals surface area contributed by atoms with Crippen molar-refractivity contribution >= 4 is 0 Å². The fourth-order valence-corrected chi connectivity index (χ4v) is 1.99. The number of aliphatic hydroxyl groups is 1. The van der Waals surface area contributed by atoms with Gasteiger partial charge >= 0.3 is 0 Å². The van der Waals surface area contributed by atoms with Gasteiger partial charge in [-0.25, -0.2) is 0 Å². The molecule has 0 aliphatic carbocycles. The zero-order valence-electron chi connectivity index (χ0n) is 11.7. The van der Waals surface area contributed by atoms with Crippen molar-refractivity contribution in [2.75, 3.05) is 14.2 Å². The van der Waals surface area contributed by atoms with Gasteiger partial charge in [-0.15, -0.1) is 0 Å². The van der Waals surface area contributed by atoms with Gasteiger partial charge in [0.1, 0.15) is 11.5 Å². The number of pyridine rings is 1. The fourth-order valence-electron chi connectivity index (χ4n) is 1.99. The molecule has 0 spiro atoms. The lowest BCUT2D eigenvalue weighted by molar-refractivity contribution is 0.167. The van der Waals surface area contributed by atoms with Crippen molar-refractivity contribution in [3.8, 4) is 11.5 Å². The second-order valence-corrected chi connectivity index (χ2v) is 4.56. The SMILES string of the molecule is COc1ccc(CCC(O)c2cncc(OC)c2)cc1. The van der Waals surface area contributed by atoms with E-state index in [1.165, 1.54) is 5.56 Å². The Morgan fingerprint density at radius 2 is 1.75 bits per heavy atom. The summed E-state index contributed by atoms with van der Waals surface area (Å²) < 4.78 is 10.2. The van der Waals surface area contributed by atoms with Crippen LogP contribution in [0.25, 0.3) is 0 Å². The van der Waals surface area contributed by atoms with Crippen LogP contribution in [0.5, 0.6) is 11.5 Å². The van der Waals surface area contributed by atoms with E-state index in [1.807, 2.05) is 30.3 Å². The van der Waals surface area contributed by atoms with E-state index in [-0.39, 0.29) is 0 Å². The van der Waals surface area contributed by atoms with Crippen LogP contribution in [0.3, 0.4) is 0 Å². The Hall–Kier alpha value is -2.07. The van der Waals surface area contributed by atoms with E-state index in [9.17, 15) is 5.11 Å². The normalized spacial score (nSPS) is 11.9. The number of ether oxygens (including phenoxy) is 2. The van der Waals surface area contributed by atoms with Crippen molar-refractivity contribution in [1.82, 2.24) is 4.98 Å². The summed E-state index contributed by atoms with van der Waals surface area (Å²) in [6.45, 7) is 0. The van der Waals surface area contributed by atoms with E-state index < -0.39 is 6.10 Å². The lowest BCUT2D eigenvalue weighted by atomic mass is 10.0. The fraction of sp³-hybridized carbons (Fsp3) is 0.312. The number of nitrogens with zero attached hydrogens (tertiary/aromatic N) is 1. The molecule has 0 bridgehead atoms. The van der Waals surface area contributed by atoms with Crippen molar-refractivity contribution in [2.45, 2.75) is 18.9 Å². The van der Waals surface area contributed by atoms with Gasteiger partial charge in [0, 0.05) is 11.8 Å². The third-order valence-electron chi connectivity index (χ3n) is 3.22. The predicted octanol–water partition coefficient (Wildman–Crippen LogP) is 2.77. The lowest BCUT2D eigenvalue weighted by Crippen LogP contribution is -2.01. The molecule has 0 fully saturated rings. The van der Waals surface area contributed by atoms with Crippen LogP contribution < -0.4 is 9.47 Å². The molecule has 4 nitrogen and oxygen atoms in total. The van der Waals surface area contributed by atoms with Crippen molar-refractivity contribution in [3.05, 3.63) is 53.9 Å². The zero-order valence-corrected chi connectivity index (χ0v) is 11.7. The Balaban J connectivity index is 1.95. The number of aliphatic hydroxyl groups excluding tert-OH is 1. The highest BCUT2D eigenvalue weighted by Gasteiger charge is 2.09. The van der Waals surface area contributed by atoms with Crippen LogP contribution in [-0.4, -0.2) is 24.3 Å². The van der Waals surface area contributed by atoms with Crippen LogP contribution in [0.15, 0.2) is 42.7 Å². The summed E-state index contributed by atoms with van der Waals surface area (Å²) >= 11 is 0. The molecule has 2 aromatic rings. The molecule has 1 N–H and O–H groups in total. The molecule has 1 unspecified atom stereocenters. The molecule has 1 atom stereocenters. The van der Waals surface area contributed by atoms with Crippen LogP contribution >= 0.6 is 0 Å². The number of hydrogen-bond acceptors (Lipinski definition) is 4. The zero-order chi connectivity index (χ0) is 14.4. The molecular formula is C16H19NO3. The minimum Gasteiger partial charge on any atom is -0.497 e. The monoisotopic (exact) mass is 273 g/mol. The summed E-state index contributed by atoms with van der Waals surface area (Å²) in [4.78, 5) is 4.05. The maximum absolute atomic E-state index is 10.2. The van der Waals surface area contributed by atoms with Crippen molar-refractivity contribution in [3.63, 3.8) is 0 Å². The number of methoxy groups -OCH3 is 2. The van der Waals surface area contributed by atoms with Gasteiger partial charge in [0.25, 0.3) is 0 Å². The minimum absolute atomic E-state index is 0.542. The van der Waals surface area contributed by atoms with Crippen molar-refractivity contribution < 1.29 is 14.6 Å². The van der Waals surface area contributed by atoms with Crippen LogP contribution in [0.4, 0.5) is 0 Å². The van der Waals surface area contributed by atoms with E-state index in [0.29, 0.717) is 12.2 Å². The van der Waals surface area contributed by atoms with Gasteiger partial charge in [0.05, 0.1) is 26.5 Å². The largest absolute Gasteiger partial charge is 0.497 e. The lowest BCUT2D eigenvalue weighted by Gasteiger charge is -2.11. The number of benzene rings is 1. The Morgan fingerprint density at radius 1 is 1.05 bits per heavy atom. The first kappa shape index (κ1) is 14.3. The van der Waals surface area contributed by atoms with Gasteiger partial charge in [-0.05, 0) is 36.6 Å². The molecule has 0 aliphatic heterocycles. The highest BCUT2D eigenvalue weighted by atomic mass is 16.5. The molecule has 0 saturated heterocycles. The number of aromatic nitrogens is 1. The first-order chi connectivity index (χ1) is 9.72. The van der Waals surface area contributed by atoms with Gasteiger partial charge in [-0.2, -0.15) is 0 Å². The number of hydrogen-bond donors (Lipinski definition) is 1. The third kappa shape index (κ3) is 3.71. The van der Waals surface area contributed by atoms with E-state index in [2.05, 4.69) is 4.98 Å². The topological polar surface area (TPSA) is 51.6 Å². The van der Waals surface area contributed by atoms with E-state index in [4.69, 9.17) is 9.47 Å². The molecule has 4 heteroatoms. The number of aryl methyl sites for hydroxylation is 1. The van der Waals surface area contributed by atoms with E-state index in [0.717, 1.165) is 17.7 Å². The highest BCUT2D eigenvalue weighted by molar-refractivity contribution is 5.28. The molecular weight excluding hydrogens is 254 g/mol. The van der Waals surface area contributed by atoms with E-state index in [1.54, 1.807) is 26.6 Å². The van der Waals surface area contributed by atoms with Crippen molar-refractivity contribution in [2.24, 2.45) is 0 Å². The molecule has 1 aromatic heterocycles. The maximum Gasteiger partial charge on any atom is 0.137 e. The molecule has 2 rings (SSSR count). The predicted molar refractivity (Wildman–Crippen MR) is 77.1 cm³/mol. The molecule has 106 valence electrons. The molecule has 0 amide bonds. The van der Waals surface area contributed by atoms with Gasteiger partial charge in [0.15, 0.2) is 0 Å². The van der Waals surface area contributed by atoms with Gasteiger partial charge < -0.3 is 14.6 Å². The Labute approximate surface area is 119 Å². The van der Waals surface area contributed by atoms with Crippen LogP contribution in [0.1, 0.15) is 23.7 Å². The Kier molecular flexibility index (Phi) is 4.96. The van der Waals surface area contributed by atoms with E-state index >= 15 is 0 Å². The molecule has 20 heavy (non-hydrogen) atoms. The third-order valence-corrected chi connectivity index (χ3v) is 3.22. The average Bonchev–Trinajstić information content (AvgIpc) is 2.53. The van der Waals surface area contributed by atoms with Crippen LogP contribution in [0.2, 0.25) is 0 Å². The molecule has 1 heterocycles. The standard InChI is InChI=1S/C16H19NO3/c1-19-14-6-3-12(4-7-14)5-8-16(18)13-9-15(20-2)11-17-10-13/h3-4,6-7,9-11,16,18H,5,8H2,1-2H3. The first-order valence-electron chi connectivity index (χ1n) is 6.53. The molecule has 0 aliphatic rings. The summed E-state index contributed by atoms with van der Waals surface area (Å²) in [5, 5.41) is 10.2. The summed E-state index contributed by atoms with van der Waals surface area (Å²) in [7, 11) is 3.24. The quantitative estimate of drug-likeness (QED) is 0.879. The summed E-state index contributed by atoms with van der Waals surface area (Å²) in [6, 6.07) is 9.68. The van der Waals surface area contributed by atoms with Gasteiger partial charge in [0.2, 0.25) is 0 Å². The second-order valence-electron chi connectivity index (χ2n) is 4.56.